The number of aromatic amines is 1. The van der Waals surface area contributed by atoms with Crippen LogP contribution in [0.3, 0.4) is 0 Å². The summed E-state index contributed by atoms with van der Waals surface area (Å²) in [6, 6.07) is 9.37. The zero-order valence-corrected chi connectivity index (χ0v) is 18.0. The summed E-state index contributed by atoms with van der Waals surface area (Å²) in [5.41, 5.74) is 4.46. The van der Waals surface area contributed by atoms with Crippen LogP contribution in [0.5, 0.6) is 0 Å². The van der Waals surface area contributed by atoms with Crippen LogP contribution >= 0.6 is 0 Å². The molecule has 0 bridgehead atoms. The molecule has 2 unspecified atom stereocenters. The second-order valence-corrected chi connectivity index (χ2v) is 8.40. The van der Waals surface area contributed by atoms with Gasteiger partial charge in [0.15, 0.2) is 5.69 Å². The molecule has 0 spiro atoms. The number of alkyl halides is 1. The van der Waals surface area contributed by atoms with Gasteiger partial charge in [-0.25, -0.2) is 14.4 Å². The van der Waals surface area contributed by atoms with E-state index in [1.807, 2.05) is 19.3 Å². The van der Waals surface area contributed by atoms with Gasteiger partial charge in [-0.1, -0.05) is 0 Å². The number of hydrogen-bond acceptors (Lipinski definition) is 5. The highest BCUT2D eigenvalue weighted by molar-refractivity contribution is 6.02. The lowest BCUT2D eigenvalue weighted by Gasteiger charge is -2.08. The number of fused-ring (bicyclic) bond motifs is 1. The number of imidazole rings is 1. The lowest BCUT2D eigenvalue weighted by atomic mass is 10.0. The van der Waals surface area contributed by atoms with Gasteiger partial charge in [0.2, 0.25) is 0 Å². The molecule has 1 fully saturated rings. The van der Waals surface area contributed by atoms with Gasteiger partial charge >= 0.3 is 0 Å². The minimum Gasteiger partial charge on any atom is -0.347 e. The van der Waals surface area contributed by atoms with Gasteiger partial charge in [0.05, 0.1) is 28.9 Å². The van der Waals surface area contributed by atoms with Gasteiger partial charge in [-0.15, -0.1) is 0 Å². The monoisotopic (exact) mass is 443 g/mol. The molecule has 0 radical (unpaired) electrons. The third-order valence-corrected chi connectivity index (χ3v) is 6.01. The Morgan fingerprint density at radius 3 is 2.94 bits per heavy atom. The van der Waals surface area contributed by atoms with Crippen molar-refractivity contribution in [1.29, 1.82) is 5.26 Å². The predicted octanol–water partition coefficient (Wildman–Crippen LogP) is 3.77. The topological polar surface area (TPSA) is 112 Å². The Balaban J connectivity index is 1.37. The first kappa shape index (κ1) is 20.8. The fourth-order valence-electron chi connectivity index (χ4n) is 4.36. The van der Waals surface area contributed by atoms with E-state index >= 15 is 0 Å². The van der Waals surface area contributed by atoms with E-state index in [-0.39, 0.29) is 24.1 Å². The first-order chi connectivity index (χ1) is 16.0. The number of benzene rings is 1. The smallest absolute Gasteiger partial charge is 0.272 e. The van der Waals surface area contributed by atoms with Crippen molar-refractivity contribution in [3.05, 3.63) is 65.5 Å². The van der Waals surface area contributed by atoms with Gasteiger partial charge < -0.3 is 10.3 Å². The Bertz CT molecular complexity index is 1380. The molecule has 8 nitrogen and oxygen atoms in total. The number of aryl methyl sites for hydroxylation is 1. The van der Waals surface area contributed by atoms with E-state index in [0.29, 0.717) is 35.3 Å². The fraction of sp³-hybridized carbons (Fsp3) is 0.292. The Morgan fingerprint density at radius 1 is 1.33 bits per heavy atom. The van der Waals surface area contributed by atoms with Gasteiger partial charge in [-0.05, 0) is 54.7 Å². The van der Waals surface area contributed by atoms with Crippen molar-refractivity contribution in [1.82, 2.24) is 30.0 Å². The molecule has 33 heavy (non-hydrogen) atoms. The zero-order chi connectivity index (χ0) is 22.9. The van der Waals surface area contributed by atoms with Gasteiger partial charge in [0, 0.05) is 37.5 Å². The van der Waals surface area contributed by atoms with Crippen molar-refractivity contribution in [2.75, 3.05) is 0 Å². The van der Waals surface area contributed by atoms with Crippen LogP contribution in [0.25, 0.3) is 22.2 Å². The first-order valence-corrected chi connectivity index (χ1v) is 10.8. The van der Waals surface area contributed by atoms with Crippen LogP contribution in [0.1, 0.15) is 52.6 Å². The molecule has 0 aliphatic heterocycles. The number of rotatable bonds is 5. The first-order valence-electron chi connectivity index (χ1n) is 10.8. The van der Waals surface area contributed by atoms with E-state index in [9.17, 15) is 14.4 Å². The van der Waals surface area contributed by atoms with E-state index in [1.54, 1.807) is 35.3 Å². The summed E-state index contributed by atoms with van der Waals surface area (Å²) in [6.45, 7) is 0.229. The van der Waals surface area contributed by atoms with Gasteiger partial charge in [0.25, 0.3) is 5.91 Å². The number of nitrogens with zero attached hydrogens (tertiary/aromatic N) is 5. The van der Waals surface area contributed by atoms with E-state index < -0.39 is 6.17 Å². The molecule has 3 heterocycles. The number of pyridine rings is 1. The zero-order valence-electron chi connectivity index (χ0n) is 18.0. The second-order valence-electron chi connectivity index (χ2n) is 8.40. The minimum absolute atomic E-state index is 0.0305. The van der Waals surface area contributed by atoms with Crippen LogP contribution < -0.4 is 5.32 Å². The third-order valence-electron chi connectivity index (χ3n) is 6.01. The van der Waals surface area contributed by atoms with E-state index in [4.69, 9.17) is 0 Å². The van der Waals surface area contributed by atoms with Crippen molar-refractivity contribution in [2.45, 2.75) is 37.9 Å². The largest absolute Gasteiger partial charge is 0.347 e. The third kappa shape index (κ3) is 4.20. The maximum absolute atomic E-state index is 13.6. The van der Waals surface area contributed by atoms with E-state index in [1.165, 1.54) is 0 Å². The second kappa shape index (κ2) is 8.47. The van der Waals surface area contributed by atoms with Crippen LogP contribution in [-0.4, -0.2) is 36.8 Å². The maximum atomic E-state index is 13.6. The summed E-state index contributed by atoms with van der Waals surface area (Å²) in [6.07, 6.45) is 6.07. The molecule has 3 aromatic heterocycles. The number of aromatic nitrogens is 5. The predicted molar refractivity (Wildman–Crippen MR) is 120 cm³/mol. The van der Waals surface area contributed by atoms with Crippen molar-refractivity contribution in [2.24, 2.45) is 7.05 Å². The van der Waals surface area contributed by atoms with Gasteiger partial charge in [-0.2, -0.15) is 10.4 Å². The Labute approximate surface area is 189 Å². The maximum Gasteiger partial charge on any atom is 0.272 e. The molecule has 2 atom stereocenters. The Kier molecular flexibility index (Phi) is 5.34. The highest BCUT2D eigenvalue weighted by Crippen LogP contribution is 2.35. The SMILES string of the molecule is Cn1cc(-c2cc(C#N)cc(CNC(=O)c3nccc4nc(C5CCC(F)C5)[nH]c34)c2)cn1. The summed E-state index contributed by atoms with van der Waals surface area (Å²) in [5, 5.41) is 16.5. The van der Waals surface area contributed by atoms with Crippen LogP contribution in [0.4, 0.5) is 4.39 Å². The molecule has 9 heteroatoms. The lowest BCUT2D eigenvalue weighted by molar-refractivity contribution is 0.0947. The molecular formula is C24H22FN7O. The summed E-state index contributed by atoms with van der Waals surface area (Å²) >= 11 is 0. The Morgan fingerprint density at radius 2 is 2.21 bits per heavy atom. The standard InChI is InChI=1S/C24H22FN7O/c1-32-13-18(12-29-32)17-7-14(10-26)6-15(8-17)11-28-24(33)22-21-20(4-5-27-22)30-23(31-21)16-2-3-19(25)9-16/h4-8,12-13,16,19H,2-3,9,11H2,1H3,(H,28,33)(H,30,31). The molecule has 1 aliphatic rings. The summed E-state index contributed by atoms with van der Waals surface area (Å²) < 4.78 is 15.3. The number of halogens is 1. The number of nitrogens with one attached hydrogen (secondary N) is 2. The van der Waals surface area contributed by atoms with Gasteiger partial charge in [0.1, 0.15) is 12.0 Å². The van der Waals surface area contributed by atoms with Crippen molar-refractivity contribution in [3.63, 3.8) is 0 Å². The fourth-order valence-corrected chi connectivity index (χ4v) is 4.36. The van der Waals surface area contributed by atoms with E-state index in [2.05, 4.69) is 31.4 Å². The number of nitriles is 1. The van der Waals surface area contributed by atoms with Crippen LogP contribution in [0.15, 0.2) is 42.9 Å². The molecule has 5 rings (SSSR count). The molecule has 4 aromatic rings. The summed E-state index contributed by atoms with van der Waals surface area (Å²) in [4.78, 5) is 25.0. The molecule has 1 aliphatic carbocycles. The van der Waals surface area contributed by atoms with Crippen molar-refractivity contribution >= 4 is 16.9 Å². The number of amides is 1. The number of H-pyrrole nitrogens is 1. The molecule has 166 valence electrons. The van der Waals surface area contributed by atoms with Crippen LogP contribution in [-0.2, 0) is 13.6 Å². The quantitative estimate of drug-likeness (QED) is 0.488. The molecule has 2 N–H and O–H groups in total. The highest BCUT2D eigenvalue weighted by atomic mass is 19.1. The van der Waals surface area contributed by atoms with Crippen molar-refractivity contribution < 1.29 is 9.18 Å². The molecule has 1 aromatic carbocycles. The summed E-state index contributed by atoms with van der Waals surface area (Å²) in [5.74, 6) is 0.383. The molecule has 0 saturated heterocycles. The van der Waals surface area contributed by atoms with E-state index in [0.717, 1.165) is 23.1 Å². The van der Waals surface area contributed by atoms with Gasteiger partial charge in [-0.3, -0.25) is 9.48 Å². The number of carbonyl (C=O) groups is 1. The molecule has 1 amide bonds. The summed E-state index contributed by atoms with van der Waals surface area (Å²) in [7, 11) is 1.83. The highest BCUT2D eigenvalue weighted by Gasteiger charge is 2.28. The van der Waals surface area contributed by atoms with Crippen molar-refractivity contribution in [3.8, 4) is 17.2 Å². The average Bonchev–Trinajstić information content (AvgIpc) is 3.56. The normalized spacial score (nSPS) is 17.8. The number of carbonyl (C=O) groups excluding carboxylic acids is 1. The minimum atomic E-state index is -0.801. The van der Waals surface area contributed by atoms with Crippen LogP contribution in [0.2, 0.25) is 0 Å². The molecular weight excluding hydrogens is 421 g/mol. The molecule has 1 saturated carbocycles. The average molecular weight is 443 g/mol. The number of hydrogen-bond donors (Lipinski definition) is 2. The Hall–Kier alpha value is -4.06. The lowest BCUT2D eigenvalue weighted by Crippen LogP contribution is -2.24. The van der Waals surface area contributed by atoms with Crippen LogP contribution in [0, 0.1) is 11.3 Å².